The lowest BCUT2D eigenvalue weighted by Gasteiger charge is -2.50. The Morgan fingerprint density at radius 3 is 1.11 bits per heavy atom. The molecule has 14 nitrogen and oxygen atoms in total. The molecule has 8 aliphatic rings. The van der Waals surface area contributed by atoms with E-state index in [4.69, 9.17) is 21.1 Å². The van der Waals surface area contributed by atoms with Crippen LogP contribution in [0.15, 0.2) is 143 Å². The smallest absolute Gasteiger partial charge is 0.179 e. The van der Waals surface area contributed by atoms with Crippen molar-refractivity contribution >= 4 is 42.7 Å². The molecule has 6 aromatic rings. The molecule has 0 saturated carbocycles. The van der Waals surface area contributed by atoms with Crippen molar-refractivity contribution in [3.05, 3.63) is 178 Å². The number of quaternary nitrogens is 1. The van der Waals surface area contributed by atoms with Crippen molar-refractivity contribution in [3.8, 4) is 11.5 Å². The zero-order chi connectivity index (χ0) is 69.0. The van der Waals surface area contributed by atoms with Crippen molar-refractivity contribution in [2.24, 2.45) is 10.8 Å². The predicted octanol–water partition coefficient (Wildman–Crippen LogP) is 11.0. The second-order valence-electron chi connectivity index (χ2n) is 29.4. The number of hydrogen-bond donors (Lipinski definition) is 2. The van der Waals surface area contributed by atoms with E-state index in [9.17, 15) is 27.0 Å². The van der Waals surface area contributed by atoms with Crippen molar-refractivity contribution < 1.29 is 53.4 Å². The fraction of sp³-hybridized carbons (Fsp3) is 0.550. The van der Waals surface area contributed by atoms with Crippen LogP contribution in [-0.4, -0.2) is 177 Å². The van der Waals surface area contributed by atoms with E-state index >= 15 is 0 Å². The topological polar surface area (TPSA) is 143 Å². The van der Waals surface area contributed by atoms with Crippen molar-refractivity contribution in [1.82, 2.24) is 14.7 Å². The molecule has 6 fully saturated rings. The molecule has 0 aliphatic carbocycles. The molecule has 6 aromatic carbocycles. The highest BCUT2D eigenvalue weighted by molar-refractivity contribution is 7.91. The molecule has 18 heteroatoms. The van der Waals surface area contributed by atoms with Gasteiger partial charge in [0, 0.05) is 133 Å². The fourth-order valence-electron chi connectivity index (χ4n) is 16.0. The second kappa shape index (κ2) is 34.6. The van der Waals surface area contributed by atoms with E-state index in [0.29, 0.717) is 65.7 Å². The van der Waals surface area contributed by atoms with E-state index in [1.807, 2.05) is 135 Å². The first-order chi connectivity index (χ1) is 46.7. The van der Waals surface area contributed by atoms with Crippen LogP contribution in [0.1, 0.15) is 161 Å². The van der Waals surface area contributed by atoms with Crippen molar-refractivity contribution in [2.45, 2.75) is 164 Å². The zero-order valence-electron chi connectivity index (χ0n) is 59.8. The monoisotopic (exact) mass is 1420 g/mol. The molecule has 98 heavy (non-hydrogen) atoms. The van der Waals surface area contributed by atoms with Gasteiger partial charge in [0.2, 0.25) is 0 Å². The molecule has 0 aromatic heterocycles. The number of benzene rings is 6. The number of alkyl halides is 1. The average Bonchev–Trinajstić information content (AvgIpc) is 1.58. The molecule has 8 heterocycles. The number of piperazine rings is 6. The number of aliphatic hydroxyl groups is 2. The second-order valence-corrected chi connectivity index (χ2v) is 33.6. The maximum absolute atomic E-state index is 14.1. The zero-order valence-corrected chi connectivity index (χ0v) is 63.0. The molecule has 0 amide bonds. The van der Waals surface area contributed by atoms with Gasteiger partial charge >= 0.3 is 0 Å². The molecule has 4 bridgehead atoms. The van der Waals surface area contributed by atoms with E-state index in [0.717, 1.165) is 109 Å². The Balaban J connectivity index is 0.000000205. The predicted molar refractivity (Wildman–Crippen MR) is 396 cm³/mol. The number of unbranched alkanes of at least 4 members (excludes halogenated alkanes) is 4. The highest BCUT2D eigenvalue weighted by Gasteiger charge is 2.51. The van der Waals surface area contributed by atoms with Crippen LogP contribution in [0.25, 0.3) is 0 Å². The normalized spacial score (nSPS) is 24.3. The number of nitrogens with zero attached hydrogens (tertiary/aromatic N) is 6. The summed E-state index contributed by atoms with van der Waals surface area (Å²) in [6.07, 6.45) is 8.37. The Kier molecular flexibility index (Phi) is 27.2. The lowest BCUT2D eigenvalue weighted by molar-refractivity contribution is -0.953. The molecule has 14 rings (SSSR count). The summed E-state index contributed by atoms with van der Waals surface area (Å²) in [6.45, 7) is 25.9. The van der Waals surface area contributed by atoms with Crippen LogP contribution < -0.4 is 31.7 Å². The summed E-state index contributed by atoms with van der Waals surface area (Å²) in [6, 6.07) is 43.9. The van der Waals surface area contributed by atoms with Crippen LogP contribution in [0.3, 0.4) is 0 Å². The van der Waals surface area contributed by atoms with Gasteiger partial charge < -0.3 is 46.4 Å². The molecule has 6 saturated heterocycles. The number of ether oxygens (including phenoxy) is 2. The minimum atomic E-state index is -3.63. The van der Waals surface area contributed by atoms with Crippen molar-refractivity contribution in [1.29, 1.82) is 0 Å². The van der Waals surface area contributed by atoms with Gasteiger partial charge in [-0.1, -0.05) is 152 Å². The van der Waals surface area contributed by atoms with Crippen LogP contribution in [0.2, 0.25) is 0 Å². The molecule has 536 valence electrons. The number of rotatable bonds is 25. The third-order valence-corrected chi connectivity index (χ3v) is 26.5. The van der Waals surface area contributed by atoms with E-state index < -0.39 is 54.5 Å². The first-order valence-corrected chi connectivity index (χ1v) is 40.1. The van der Waals surface area contributed by atoms with Gasteiger partial charge in [-0.25, -0.2) is 16.8 Å². The maximum Gasteiger partial charge on any atom is 0.179 e. The van der Waals surface area contributed by atoms with Gasteiger partial charge in [-0.3, -0.25) is 14.7 Å². The van der Waals surface area contributed by atoms with Gasteiger partial charge in [-0.2, -0.15) is 0 Å². The number of sulfone groups is 2. The lowest BCUT2D eigenvalue weighted by atomic mass is 9.68. The summed E-state index contributed by atoms with van der Waals surface area (Å²) in [5.74, 6) is 0.953. The molecule has 1 unspecified atom stereocenters. The van der Waals surface area contributed by atoms with Crippen molar-refractivity contribution in [3.63, 3.8) is 0 Å². The molecule has 2 N–H and O–H groups in total. The molecule has 0 radical (unpaired) electrons. The number of fused-ring (bicyclic) bond motifs is 8. The fourth-order valence-corrected chi connectivity index (χ4v) is 20.6. The van der Waals surface area contributed by atoms with Gasteiger partial charge in [-0.15, -0.1) is 11.6 Å². The van der Waals surface area contributed by atoms with E-state index in [2.05, 4.69) is 66.7 Å². The summed E-state index contributed by atoms with van der Waals surface area (Å²) in [5.41, 5.74) is 8.20. The molecule has 8 aliphatic heterocycles. The van der Waals surface area contributed by atoms with Gasteiger partial charge in [0.1, 0.15) is 31.3 Å². The Hall–Kier alpha value is -5.24. The minimum absolute atomic E-state index is 0. The Morgan fingerprint density at radius 1 is 0.469 bits per heavy atom. The molecular weight excluding hydrogens is 1310 g/mol. The highest BCUT2D eigenvalue weighted by atomic mass is 35.5. The van der Waals surface area contributed by atoms with Crippen LogP contribution >= 0.6 is 11.6 Å². The van der Waals surface area contributed by atoms with Crippen LogP contribution in [-0.2, 0) is 45.3 Å². The third-order valence-electron chi connectivity index (χ3n) is 22.2. The van der Waals surface area contributed by atoms with E-state index in [-0.39, 0.29) is 23.9 Å². The van der Waals surface area contributed by atoms with Gasteiger partial charge in [0.05, 0.1) is 53.1 Å². The van der Waals surface area contributed by atoms with Crippen LogP contribution in [0, 0.1) is 10.8 Å². The molecular formula is C80H112Cl2N6O8S2. The minimum Gasteiger partial charge on any atom is -1.00 e. The van der Waals surface area contributed by atoms with Crippen LogP contribution in [0.5, 0.6) is 11.5 Å². The Labute approximate surface area is 599 Å². The first kappa shape index (κ1) is 76.9. The number of aliphatic hydroxyl groups excluding tert-OH is 2. The van der Waals surface area contributed by atoms with Crippen molar-refractivity contribution in [2.75, 3.05) is 128 Å². The first-order valence-electron chi connectivity index (χ1n) is 36.3. The van der Waals surface area contributed by atoms with Gasteiger partial charge in [0.25, 0.3) is 0 Å². The largest absolute Gasteiger partial charge is 1.00 e. The summed E-state index contributed by atoms with van der Waals surface area (Å²) < 4.78 is 69.8. The number of anilines is 2. The van der Waals surface area contributed by atoms with E-state index in [1.165, 1.54) is 88.6 Å². The maximum atomic E-state index is 14.1. The van der Waals surface area contributed by atoms with Crippen LogP contribution in [0.4, 0.5) is 11.4 Å². The number of hydrogen-bond acceptors (Lipinski definition) is 13. The quantitative estimate of drug-likeness (QED) is 0.0415. The summed E-state index contributed by atoms with van der Waals surface area (Å²) >= 11 is 5.91. The third kappa shape index (κ3) is 18.5. The van der Waals surface area contributed by atoms with Gasteiger partial charge in [-0.05, 0) is 125 Å². The lowest BCUT2D eigenvalue weighted by Crippen LogP contribution is -3.00. The molecule has 0 spiro atoms. The standard InChI is InChI=1S/C40H56N3O4S.C34H44ClNO4S.C6H12N2.ClH/c1-5-7-19-40(20-8-6-2)30-48(45,46)37-18-15-34(41(3)4)27-36(37)38(39(40)44)33-13-16-35(17-14-33)47-29-32-11-9-31(10-12-32)28-43-24-21-42(22-25-43)23-26-43;1-5-7-19-34(20-8-6-2)24-41(38,39)31-18-15-28(36(3)4)21-30(31)32(33(34)37)27-13-16-29(17-14-27)40-23-26-11-9-25(22-35)10-12-26;1-2-8-5-3-7(1)4-6-8;/h9-18,27,38-39,44H,5-8,19-26,28-30H2,1-4H3;9-18,21,32-33,37H,5-8,19-20,22-24H2,1-4H3;1-6H2;1H/q+1;;;/p-1/t38-,39-;32?,33-;;/m11../s1. The SMILES string of the molecule is C1CN2CCN1CC2.CCCCC1(CCCC)CS(=O)(=O)c2ccc(N(C)C)cc2C(c2ccc(OCc3ccc(CCl)cc3)cc2)[C@H]1O.CCCCC1(CCCC)CS(=O)(=O)c2ccc(N(C)C)cc2[C@@H](c2ccc(OCc3ccc(C[N+]45CCN(CC4)CC5)cc3)cc2)[C@H]1O.[Cl-]. The molecule has 4 atom stereocenters. The Morgan fingerprint density at radius 2 is 0.796 bits per heavy atom. The highest BCUT2D eigenvalue weighted by Crippen LogP contribution is 2.52. The summed E-state index contributed by atoms with van der Waals surface area (Å²) in [5, 5.41) is 24.8. The van der Waals surface area contributed by atoms with E-state index in [1.54, 1.807) is 12.1 Å². The number of halogens is 2. The summed E-state index contributed by atoms with van der Waals surface area (Å²) in [7, 11) is 0.553. The van der Waals surface area contributed by atoms with Gasteiger partial charge in [0.15, 0.2) is 19.7 Å². The average molecular weight is 1420 g/mol. The Bertz CT molecular complexity index is 3660. The summed E-state index contributed by atoms with van der Waals surface area (Å²) in [4.78, 5) is 12.3.